The number of hydrogen-bond donors (Lipinski definition) is 1. The molecule has 0 radical (unpaired) electrons. The van der Waals surface area contributed by atoms with Crippen LogP contribution in [0.4, 0.5) is 5.69 Å². The van der Waals surface area contributed by atoms with Gasteiger partial charge in [0.25, 0.3) is 9.05 Å². The summed E-state index contributed by atoms with van der Waals surface area (Å²) < 4.78 is 27.3. The van der Waals surface area contributed by atoms with Crippen molar-refractivity contribution in [1.82, 2.24) is 0 Å². The highest BCUT2D eigenvalue weighted by atomic mass is 35.7. The summed E-state index contributed by atoms with van der Waals surface area (Å²) in [6, 6.07) is 4.30. The summed E-state index contributed by atoms with van der Waals surface area (Å²) in [5, 5.41) is 0. The number of rotatable bonds is 3. The quantitative estimate of drug-likeness (QED) is 0.638. The summed E-state index contributed by atoms with van der Waals surface area (Å²) in [6.07, 6.45) is 0. The third-order valence-corrected chi connectivity index (χ3v) is 2.87. The Balaban J connectivity index is 3.30. The SMILES string of the molecule is CCOc1ccc(N)cc1S(=O)(=O)Cl. The molecule has 1 rings (SSSR count). The van der Waals surface area contributed by atoms with Crippen LogP contribution in [0.3, 0.4) is 0 Å². The molecular formula is C8H10ClNO3S. The van der Waals surface area contributed by atoms with Crippen LogP contribution < -0.4 is 10.5 Å². The average Bonchev–Trinajstić information content (AvgIpc) is 2.07. The van der Waals surface area contributed by atoms with E-state index in [9.17, 15) is 8.42 Å². The Morgan fingerprint density at radius 2 is 2.14 bits per heavy atom. The predicted molar refractivity (Wildman–Crippen MR) is 55.1 cm³/mol. The van der Waals surface area contributed by atoms with Crippen molar-refractivity contribution in [3.63, 3.8) is 0 Å². The normalized spacial score (nSPS) is 11.3. The molecule has 0 aliphatic rings. The molecule has 0 bridgehead atoms. The molecule has 6 heteroatoms. The average molecular weight is 236 g/mol. The van der Waals surface area contributed by atoms with Gasteiger partial charge in [0.15, 0.2) is 0 Å². The Morgan fingerprint density at radius 3 is 2.64 bits per heavy atom. The van der Waals surface area contributed by atoms with Crippen molar-refractivity contribution in [2.75, 3.05) is 12.3 Å². The molecule has 0 fully saturated rings. The molecule has 0 heterocycles. The first-order valence-corrected chi connectivity index (χ1v) is 6.23. The smallest absolute Gasteiger partial charge is 0.265 e. The van der Waals surface area contributed by atoms with E-state index in [-0.39, 0.29) is 10.6 Å². The monoisotopic (exact) mass is 235 g/mol. The molecule has 0 amide bonds. The van der Waals surface area contributed by atoms with Crippen molar-refractivity contribution in [2.24, 2.45) is 0 Å². The molecule has 78 valence electrons. The van der Waals surface area contributed by atoms with Gasteiger partial charge in [-0.1, -0.05) is 0 Å². The van der Waals surface area contributed by atoms with Crippen molar-refractivity contribution in [2.45, 2.75) is 11.8 Å². The minimum absolute atomic E-state index is 0.0963. The number of nitrogen functional groups attached to an aromatic ring is 1. The second-order valence-electron chi connectivity index (χ2n) is 2.58. The minimum atomic E-state index is -3.81. The van der Waals surface area contributed by atoms with Crippen molar-refractivity contribution >= 4 is 25.4 Å². The maximum Gasteiger partial charge on any atom is 0.265 e. The van der Waals surface area contributed by atoms with Crippen LogP contribution in [0.5, 0.6) is 5.75 Å². The van der Waals surface area contributed by atoms with E-state index in [4.69, 9.17) is 21.2 Å². The highest BCUT2D eigenvalue weighted by molar-refractivity contribution is 8.13. The number of ether oxygens (including phenoxy) is 1. The summed E-state index contributed by atoms with van der Waals surface area (Å²) >= 11 is 0. The lowest BCUT2D eigenvalue weighted by Gasteiger charge is -2.07. The maximum absolute atomic E-state index is 11.1. The zero-order valence-electron chi connectivity index (χ0n) is 7.53. The molecule has 0 atom stereocenters. The number of halogens is 1. The fourth-order valence-corrected chi connectivity index (χ4v) is 2.00. The van der Waals surface area contributed by atoms with Crippen LogP contribution >= 0.6 is 10.7 Å². The number of benzene rings is 1. The first-order chi connectivity index (χ1) is 6.45. The lowest BCUT2D eigenvalue weighted by molar-refractivity contribution is 0.331. The van der Waals surface area contributed by atoms with Crippen LogP contribution in [0, 0.1) is 0 Å². The molecule has 0 saturated carbocycles. The highest BCUT2D eigenvalue weighted by Gasteiger charge is 2.16. The third-order valence-electron chi connectivity index (χ3n) is 1.53. The molecule has 0 aliphatic carbocycles. The molecule has 4 nitrogen and oxygen atoms in total. The third kappa shape index (κ3) is 2.52. The van der Waals surface area contributed by atoms with Gasteiger partial charge in [-0.25, -0.2) is 8.42 Å². The molecule has 2 N–H and O–H groups in total. The first-order valence-electron chi connectivity index (χ1n) is 3.92. The largest absolute Gasteiger partial charge is 0.492 e. The Labute approximate surface area is 87.0 Å². The molecule has 14 heavy (non-hydrogen) atoms. The second kappa shape index (κ2) is 4.06. The van der Waals surface area contributed by atoms with Gasteiger partial charge >= 0.3 is 0 Å². The van der Waals surface area contributed by atoms with Gasteiger partial charge in [0.1, 0.15) is 10.6 Å². The van der Waals surface area contributed by atoms with Gasteiger partial charge in [-0.05, 0) is 25.1 Å². The fraction of sp³-hybridized carbons (Fsp3) is 0.250. The maximum atomic E-state index is 11.1. The molecule has 1 aromatic rings. The molecule has 1 aromatic carbocycles. The van der Waals surface area contributed by atoms with Crippen molar-refractivity contribution in [1.29, 1.82) is 0 Å². The lowest BCUT2D eigenvalue weighted by atomic mass is 10.3. The van der Waals surface area contributed by atoms with Crippen molar-refractivity contribution in [3.05, 3.63) is 18.2 Å². The summed E-state index contributed by atoms with van der Waals surface area (Å²) in [5.74, 6) is 0.219. The van der Waals surface area contributed by atoms with E-state index in [1.165, 1.54) is 12.1 Å². The Kier molecular flexibility index (Phi) is 3.23. The van der Waals surface area contributed by atoms with Crippen molar-refractivity contribution < 1.29 is 13.2 Å². The summed E-state index contributed by atoms with van der Waals surface area (Å²) in [4.78, 5) is -0.0963. The molecule has 0 saturated heterocycles. The van der Waals surface area contributed by atoms with Crippen LogP contribution in [0.2, 0.25) is 0 Å². The predicted octanol–water partition coefficient (Wildman–Crippen LogP) is 1.59. The molecule has 0 spiro atoms. The number of anilines is 1. The van der Waals surface area contributed by atoms with Gasteiger partial charge in [-0.2, -0.15) is 0 Å². The van der Waals surface area contributed by atoms with Gasteiger partial charge < -0.3 is 10.5 Å². The van der Waals surface area contributed by atoms with E-state index in [0.29, 0.717) is 12.3 Å². The summed E-state index contributed by atoms with van der Waals surface area (Å²) in [5.41, 5.74) is 5.77. The Bertz CT molecular complexity index is 430. The van der Waals surface area contributed by atoms with E-state index in [1.807, 2.05) is 0 Å². The topological polar surface area (TPSA) is 69.4 Å². The zero-order valence-corrected chi connectivity index (χ0v) is 9.10. The molecular weight excluding hydrogens is 226 g/mol. The highest BCUT2D eigenvalue weighted by Crippen LogP contribution is 2.28. The first kappa shape index (κ1) is 11.1. The summed E-state index contributed by atoms with van der Waals surface area (Å²) in [7, 11) is 1.40. The Hall–Kier alpha value is -0.940. The van der Waals surface area contributed by atoms with Gasteiger partial charge in [0, 0.05) is 16.4 Å². The molecule has 0 aliphatic heterocycles. The van der Waals surface area contributed by atoms with Crippen molar-refractivity contribution in [3.8, 4) is 5.75 Å². The standard InChI is InChI=1S/C8H10ClNO3S/c1-2-13-7-4-3-6(10)5-8(7)14(9,11)12/h3-5H,2,10H2,1H3. The van der Waals surface area contributed by atoms with Gasteiger partial charge in [-0.3, -0.25) is 0 Å². The van der Waals surface area contributed by atoms with Crippen LogP contribution in [0.25, 0.3) is 0 Å². The fourth-order valence-electron chi connectivity index (χ4n) is 0.990. The second-order valence-corrected chi connectivity index (χ2v) is 5.11. The van der Waals surface area contributed by atoms with E-state index >= 15 is 0 Å². The van der Waals surface area contributed by atoms with Gasteiger partial charge in [0.05, 0.1) is 6.61 Å². The molecule has 0 unspecified atom stereocenters. The van der Waals surface area contributed by atoms with Crippen LogP contribution in [-0.4, -0.2) is 15.0 Å². The van der Waals surface area contributed by atoms with Crippen LogP contribution in [-0.2, 0) is 9.05 Å². The summed E-state index contributed by atoms with van der Waals surface area (Å²) in [6.45, 7) is 2.12. The van der Waals surface area contributed by atoms with E-state index in [0.717, 1.165) is 0 Å². The minimum Gasteiger partial charge on any atom is -0.492 e. The Morgan fingerprint density at radius 1 is 1.50 bits per heavy atom. The van der Waals surface area contributed by atoms with E-state index < -0.39 is 9.05 Å². The number of hydrogen-bond acceptors (Lipinski definition) is 4. The molecule has 0 aromatic heterocycles. The van der Waals surface area contributed by atoms with Crippen LogP contribution in [0.1, 0.15) is 6.92 Å². The lowest BCUT2D eigenvalue weighted by Crippen LogP contribution is -2.00. The van der Waals surface area contributed by atoms with E-state index in [1.54, 1.807) is 13.0 Å². The van der Waals surface area contributed by atoms with Gasteiger partial charge in [0.2, 0.25) is 0 Å². The number of nitrogens with two attached hydrogens (primary N) is 1. The van der Waals surface area contributed by atoms with Crippen LogP contribution in [0.15, 0.2) is 23.1 Å². The van der Waals surface area contributed by atoms with E-state index in [2.05, 4.69) is 0 Å². The van der Waals surface area contributed by atoms with Gasteiger partial charge in [-0.15, -0.1) is 0 Å². The zero-order chi connectivity index (χ0) is 10.8.